The Balaban J connectivity index is 1.47. The van der Waals surface area contributed by atoms with Crippen molar-refractivity contribution in [1.82, 2.24) is 15.4 Å². The van der Waals surface area contributed by atoms with Crippen LogP contribution >= 0.6 is 23.4 Å². The molecule has 0 unspecified atom stereocenters. The predicted molar refractivity (Wildman–Crippen MR) is 138 cm³/mol. The first-order valence-corrected chi connectivity index (χ1v) is 12.0. The molecule has 0 radical (unpaired) electrons. The molecule has 0 bridgehead atoms. The fraction of sp³-hybridized carbons (Fsp3) is 0.154. The Morgan fingerprint density at radius 1 is 1.06 bits per heavy atom. The van der Waals surface area contributed by atoms with Crippen molar-refractivity contribution in [1.29, 1.82) is 0 Å². The third kappa shape index (κ3) is 6.12. The smallest absolute Gasteiger partial charge is 0.250 e. The summed E-state index contributed by atoms with van der Waals surface area (Å²) in [5.74, 6) is 0.559. The summed E-state index contributed by atoms with van der Waals surface area (Å²) in [5.41, 5.74) is 5.98. The van der Waals surface area contributed by atoms with Gasteiger partial charge >= 0.3 is 0 Å². The summed E-state index contributed by atoms with van der Waals surface area (Å²) in [5, 5.41) is 7.42. The maximum absolute atomic E-state index is 12.3. The molecular weight excluding hydrogens is 468 g/mol. The first kappa shape index (κ1) is 23.7. The zero-order chi connectivity index (χ0) is 23.9. The molecule has 0 aliphatic rings. The fourth-order valence-electron chi connectivity index (χ4n) is 3.39. The number of hydrazone groups is 1. The minimum absolute atomic E-state index is 0.158. The van der Waals surface area contributed by atoms with Crippen LogP contribution in [0, 0.1) is 13.8 Å². The quantitative estimate of drug-likeness (QED) is 0.148. The van der Waals surface area contributed by atoms with E-state index in [2.05, 4.69) is 20.5 Å². The maximum atomic E-state index is 12.3. The second-order valence-electron chi connectivity index (χ2n) is 7.59. The summed E-state index contributed by atoms with van der Waals surface area (Å²) in [6.45, 7) is 4.12. The van der Waals surface area contributed by atoms with Gasteiger partial charge < -0.3 is 4.74 Å². The first-order valence-electron chi connectivity index (χ1n) is 10.6. The van der Waals surface area contributed by atoms with Crippen LogP contribution in [0.15, 0.2) is 77.0 Å². The SMILES string of the molecule is Cc1cc(C)nc(SCC(=O)N/N=C\c2c(OCc3ccccc3Cl)ccc3ccccc23)n1. The van der Waals surface area contributed by atoms with Crippen LogP contribution in [0.2, 0.25) is 5.02 Å². The number of aryl methyl sites for hydroxylation is 2. The highest BCUT2D eigenvalue weighted by molar-refractivity contribution is 7.99. The molecule has 0 spiro atoms. The van der Waals surface area contributed by atoms with E-state index in [1.54, 1.807) is 6.21 Å². The highest BCUT2D eigenvalue weighted by Crippen LogP contribution is 2.28. The van der Waals surface area contributed by atoms with Crippen molar-refractivity contribution >= 4 is 46.3 Å². The Bertz CT molecular complexity index is 1340. The second-order valence-corrected chi connectivity index (χ2v) is 8.94. The van der Waals surface area contributed by atoms with Crippen LogP contribution in [-0.4, -0.2) is 27.8 Å². The fourth-order valence-corrected chi connectivity index (χ4v) is 4.33. The van der Waals surface area contributed by atoms with Crippen LogP contribution in [0.1, 0.15) is 22.5 Å². The number of thioether (sulfide) groups is 1. The van der Waals surface area contributed by atoms with E-state index in [0.29, 0.717) is 22.5 Å². The van der Waals surface area contributed by atoms with Crippen molar-refractivity contribution in [3.8, 4) is 5.75 Å². The molecule has 0 saturated heterocycles. The average molecular weight is 491 g/mol. The van der Waals surface area contributed by atoms with Gasteiger partial charge in [0.2, 0.25) is 0 Å². The number of ether oxygens (including phenoxy) is 1. The van der Waals surface area contributed by atoms with Crippen molar-refractivity contribution in [3.63, 3.8) is 0 Å². The number of fused-ring (bicyclic) bond motifs is 1. The largest absolute Gasteiger partial charge is 0.488 e. The lowest BCUT2D eigenvalue weighted by Gasteiger charge is -2.12. The monoisotopic (exact) mass is 490 g/mol. The van der Waals surface area contributed by atoms with Crippen LogP contribution in [0.3, 0.4) is 0 Å². The maximum Gasteiger partial charge on any atom is 0.250 e. The van der Waals surface area contributed by atoms with Gasteiger partial charge in [0.25, 0.3) is 5.91 Å². The summed E-state index contributed by atoms with van der Waals surface area (Å²) < 4.78 is 6.09. The van der Waals surface area contributed by atoms with Crippen LogP contribution < -0.4 is 10.2 Å². The Kier molecular flexibility index (Phi) is 7.77. The topological polar surface area (TPSA) is 76.5 Å². The number of halogens is 1. The molecule has 1 heterocycles. The third-order valence-corrected chi connectivity index (χ3v) is 6.16. The van der Waals surface area contributed by atoms with E-state index in [4.69, 9.17) is 16.3 Å². The van der Waals surface area contributed by atoms with Gasteiger partial charge in [0.1, 0.15) is 12.4 Å². The summed E-state index contributed by atoms with van der Waals surface area (Å²) in [6.07, 6.45) is 1.61. The number of rotatable bonds is 8. The molecule has 0 fully saturated rings. The molecule has 1 aromatic heterocycles. The van der Waals surface area contributed by atoms with Gasteiger partial charge in [-0.1, -0.05) is 71.9 Å². The molecule has 4 aromatic rings. The lowest BCUT2D eigenvalue weighted by molar-refractivity contribution is -0.118. The lowest BCUT2D eigenvalue weighted by Crippen LogP contribution is -2.20. The number of carbonyl (C=O) groups is 1. The van der Waals surface area contributed by atoms with Gasteiger partial charge in [-0.25, -0.2) is 15.4 Å². The van der Waals surface area contributed by atoms with Gasteiger partial charge in [0.05, 0.1) is 12.0 Å². The predicted octanol–water partition coefficient (Wildman–Crippen LogP) is 5.72. The first-order chi connectivity index (χ1) is 16.5. The summed E-state index contributed by atoms with van der Waals surface area (Å²) in [6, 6.07) is 21.3. The molecule has 1 N–H and O–H groups in total. The number of hydrogen-bond acceptors (Lipinski definition) is 6. The van der Waals surface area contributed by atoms with Crippen molar-refractivity contribution in [2.45, 2.75) is 25.6 Å². The van der Waals surface area contributed by atoms with Gasteiger partial charge in [-0.3, -0.25) is 4.79 Å². The van der Waals surface area contributed by atoms with Crippen molar-refractivity contribution < 1.29 is 9.53 Å². The normalized spacial score (nSPS) is 11.1. The average Bonchev–Trinajstić information content (AvgIpc) is 2.82. The van der Waals surface area contributed by atoms with E-state index in [-0.39, 0.29) is 11.7 Å². The Hall–Kier alpha value is -3.42. The van der Waals surface area contributed by atoms with Crippen LogP contribution in [0.4, 0.5) is 0 Å². The van der Waals surface area contributed by atoms with Gasteiger partial charge in [-0.2, -0.15) is 5.10 Å². The van der Waals surface area contributed by atoms with E-state index in [0.717, 1.165) is 33.3 Å². The number of benzene rings is 3. The van der Waals surface area contributed by atoms with E-state index in [9.17, 15) is 4.79 Å². The van der Waals surface area contributed by atoms with Gasteiger partial charge in [-0.15, -0.1) is 0 Å². The number of nitrogens with zero attached hydrogens (tertiary/aromatic N) is 3. The number of nitrogens with one attached hydrogen (secondary N) is 1. The third-order valence-electron chi connectivity index (χ3n) is 4.95. The zero-order valence-electron chi connectivity index (χ0n) is 18.8. The van der Waals surface area contributed by atoms with Crippen LogP contribution in [0.5, 0.6) is 5.75 Å². The minimum Gasteiger partial charge on any atom is -0.488 e. The van der Waals surface area contributed by atoms with Gasteiger partial charge in [0.15, 0.2) is 5.16 Å². The van der Waals surface area contributed by atoms with Crippen LogP contribution in [0.25, 0.3) is 10.8 Å². The summed E-state index contributed by atoms with van der Waals surface area (Å²) >= 11 is 7.54. The molecule has 34 heavy (non-hydrogen) atoms. The molecule has 3 aromatic carbocycles. The summed E-state index contributed by atoms with van der Waals surface area (Å²) in [7, 11) is 0. The molecule has 0 atom stereocenters. The highest BCUT2D eigenvalue weighted by atomic mass is 35.5. The molecule has 1 amide bonds. The molecular formula is C26H23ClN4O2S. The second kappa shape index (κ2) is 11.1. The number of aromatic nitrogens is 2. The summed E-state index contributed by atoms with van der Waals surface area (Å²) in [4.78, 5) is 21.0. The molecule has 0 aliphatic carbocycles. The van der Waals surface area contributed by atoms with Crippen molar-refractivity contribution in [2.24, 2.45) is 5.10 Å². The minimum atomic E-state index is -0.247. The van der Waals surface area contributed by atoms with Crippen LogP contribution in [-0.2, 0) is 11.4 Å². The van der Waals surface area contributed by atoms with Crippen molar-refractivity contribution in [3.05, 3.63) is 94.3 Å². The Morgan fingerprint density at radius 3 is 2.59 bits per heavy atom. The van der Waals surface area contributed by atoms with E-state index < -0.39 is 0 Å². The Morgan fingerprint density at radius 2 is 1.79 bits per heavy atom. The van der Waals surface area contributed by atoms with E-state index >= 15 is 0 Å². The van der Waals surface area contributed by atoms with Gasteiger partial charge in [-0.05, 0) is 42.8 Å². The highest BCUT2D eigenvalue weighted by Gasteiger charge is 2.10. The standard InChI is InChI=1S/C26H23ClN4O2S/c1-17-13-18(2)30-26(29-17)34-16-25(32)31-28-14-22-21-9-5-3-7-19(21)11-12-24(22)33-15-20-8-4-6-10-23(20)27/h3-14H,15-16H2,1-2H3,(H,31,32)/b28-14-. The van der Waals surface area contributed by atoms with Gasteiger partial charge in [0, 0.05) is 27.5 Å². The molecule has 6 nitrogen and oxygen atoms in total. The molecule has 0 saturated carbocycles. The lowest BCUT2D eigenvalue weighted by atomic mass is 10.0. The molecule has 4 rings (SSSR count). The number of carbonyl (C=O) groups excluding carboxylic acids is 1. The molecule has 8 heteroatoms. The molecule has 172 valence electrons. The van der Waals surface area contributed by atoms with E-state index in [1.807, 2.05) is 80.6 Å². The number of hydrogen-bond donors (Lipinski definition) is 1. The number of amides is 1. The van der Waals surface area contributed by atoms with Crippen molar-refractivity contribution in [2.75, 3.05) is 5.75 Å². The van der Waals surface area contributed by atoms with E-state index in [1.165, 1.54) is 11.8 Å². The molecule has 0 aliphatic heterocycles. The Labute approximate surface area is 207 Å². The zero-order valence-corrected chi connectivity index (χ0v) is 20.4.